The Morgan fingerprint density at radius 3 is 2.29 bits per heavy atom. The lowest BCUT2D eigenvalue weighted by Crippen LogP contribution is -2.26. The van der Waals surface area contributed by atoms with E-state index in [4.69, 9.17) is 10.0 Å². The predicted octanol–water partition coefficient (Wildman–Crippen LogP) is 2.05. The lowest BCUT2D eigenvalue weighted by Gasteiger charge is -2.01. The topological polar surface area (TPSA) is 40.5 Å². The Balaban J connectivity index is 2.21. The van der Waals surface area contributed by atoms with Crippen molar-refractivity contribution in [3.63, 3.8) is 0 Å². The molecule has 2 aromatic rings. The highest BCUT2D eigenvalue weighted by molar-refractivity contribution is 7.24. The van der Waals surface area contributed by atoms with Gasteiger partial charge in [0.15, 0.2) is 0 Å². The Kier molecular flexibility index (Phi) is 4.00. The molecule has 1 aromatic carbocycles. The summed E-state index contributed by atoms with van der Waals surface area (Å²) in [5, 5.41) is 18.1. The molecule has 2 rings (SSSR count). The lowest BCUT2D eigenvalue weighted by atomic mass is 9.90. The van der Waals surface area contributed by atoms with Crippen LogP contribution in [0.3, 0.4) is 0 Å². The zero-order valence-electron chi connectivity index (χ0n) is 9.76. The van der Waals surface area contributed by atoms with Crippen LogP contribution in [0.1, 0.15) is 18.9 Å². The van der Waals surface area contributed by atoms with E-state index in [0.717, 1.165) is 23.3 Å². The average molecular weight is 246 g/mol. The van der Waals surface area contributed by atoms with Gasteiger partial charge in [-0.1, -0.05) is 43.7 Å². The summed E-state index contributed by atoms with van der Waals surface area (Å²) in [5.74, 6) is 0. The van der Waals surface area contributed by atoms with Gasteiger partial charge in [0, 0.05) is 9.65 Å². The van der Waals surface area contributed by atoms with Crippen LogP contribution in [0, 0.1) is 0 Å². The monoisotopic (exact) mass is 246 g/mol. The fourth-order valence-corrected chi connectivity index (χ4v) is 2.66. The number of rotatable bonds is 4. The number of hydrogen-bond donors (Lipinski definition) is 2. The highest BCUT2D eigenvalue weighted by Crippen LogP contribution is 2.24. The van der Waals surface area contributed by atoms with Crippen LogP contribution in [0.5, 0.6) is 0 Å². The van der Waals surface area contributed by atoms with Crippen molar-refractivity contribution in [2.45, 2.75) is 19.8 Å². The molecule has 2 nitrogen and oxygen atoms in total. The van der Waals surface area contributed by atoms with Crippen molar-refractivity contribution in [2.24, 2.45) is 0 Å². The second-order valence-corrected chi connectivity index (χ2v) is 5.14. The smallest absolute Gasteiger partial charge is 0.423 e. The third kappa shape index (κ3) is 2.97. The van der Waals surface area contributed by atoms with Gasteiger partial charge in [-0.2, -0.15) is 0 Å². The van der Waals surface area contributed by atoms with Crippen molar-refractivity contribution < 1.29 is 10.0 Å². The standard InChI is InChI=1S/C13H15BO2S/c1-2-3-10-4-6-11(7-5-10)12-8-9-13(17-12)14(15)16/h4-9,15-16H,2-3H2,1H3. The van der Waals surface area contributed by atoms with Gasteiger partial charge in [0.25, 0.3) is 0 Å². The molecule has 0 amide bonds. The van der Waals surface area contributed by atoms with Gasteiger partial charge < -0.3 is 10.0 Å². The van der Waals surface area contributed by atoms with Crippen molar-refractivity contribution in [2.75, 3.05) is 0 Å². The molecule has 0 spiro atoms. The van der Waals surface area contributed by atoms with Crippen molar-refractivity contribution >= 4 is 23.2 Å². The minimum absolute atomic E-state index is 0.581. The Labute approximate surface area is 106 Å². The molecule has 0 aliphatic rings. The van der Waals surface area contributed by atoms with Crippen molar-refractivity contribution in [1.82, 2.24) is 0 Å². The summed E-state index contributed by atoms with van der Waals surface area (Å²) in [6, 6.07) is 12.1. The Hall–Kier alpha value is -1.10. The van der Waals surface area contributed by atoms with Gasteiger partial charge in [0.2, 0.25) is 0 Å². The molecule has 0 saturated carbocycles. The van der Waals surface area contributed by atoms with Crippen LogP contribution < -0.4 is 4.78 Å². The third-order valence-electron chi connectivity index (χ3n) is 2.66. The van der Waals surface area contributed by atoms with E-state index in [0.29, 0.717) is 4.78 Å². The zero-order chi connectivity index (χ0) is 12.3. The molecule has 88 valence electrons. The fourth-order valence-electron chi connectivity index (χ4n) is 1.77. The second-order valence-electron chi connectivity index (χ2n) is 4.02. The number of benzene rings is 1. The van der Waals surface area contributed by atoms with E-state index >= 15 is 0 Å². The lowest BCUT2D eigenvalue weighted by molar-refractivity contribution is 0.427. The van der Waals surface area contributed by atoms with Crippen LogP contribution in [0.15, 0.2) is 36.4 Å². The van der Waals surface area contributed by atoms with E-state index in [1.54, 1.807) is 6.07 Å². The van der Waals surface area contributed by atoms with E-state index in [-0.39, 0.29) is 0 Å². The van der Waals surface area contributed by atoms with Crippen LogP contribution in [0.2, 0.25) is 0 Å². The first-order chi connectivity index (χ1) is 8.20. The van der Waals surface area contributed by atoms with Crippen molar-refractivity contribution in [3.05, 3.63) is 42.0 Å². The van der Waals surface area contributed by atoms with Crippen LogP contribution in [-0.2, 0) is 6.42 Å². The Morgan fingerprint density at radius 2 is 1.76 bits per heavy atom. The largest absolute Gasteiger partial charge is 0.499 e. The normalized spacial score (nSPS) is 10.5. The Morgan fingerprint density at radius 1 is 1.06 bits per heavy atom. The van der Waals surface area contributed by atoms with Crippen LogP contribution in [-0.4, -0.2) is 17.2 Å². The van der Waals surface area contributed by atoms with Gasteiger partial charge in [-0.25, -0.2) is 0 Å². The molecule has 1 heterocycles. The molecule has 0 bridgehead atoms. The van der Waals surface area contributed by atoms with Gasteiger partial charge in [-0.05, 0) is 23.6 Å². The number of thiophene rings is 1. The molecule has 0 unspecified atom stereocenters. The summed E-state index contributed by atoms with van der Waals surface area (Å²) < 4.78 is 0.581. The minimum Gasteiger partial charge on any atom is -0.423 e. The van der Waals surface area contributed by atoms with E-state index < -0.39 is 7.12 Å². The highest BCUT2D eigenvalue weighted by Gasteiger charge is 2.14. The first-order valence-corrected chi connectivity index (χ1v) is 6.57. The molecule has 2 N–H and O–H groups in total. The number of aryl methyl sites for hydroxylation is 1. The van der Waals surface area contributed by atoms with Gasteiger partial charge in [0.05, 0.1) is 0 Å². The van der Waals surface area contributed by atoms with Crippen LogP contribution in [0.4, 0.5) is 0 Å². The number of hydrogen-bond acceptors (Lipinski definition) is 3. The summed E-state index contributed by atoms with van der Waals surface area (Å²) in [6.07, 6.45) is 2.25. The van der Waals surface area contributed by atoms with Gasteiger partial charge in [-0.15, -0.1) is 11.3 Å². The van der Waals surface area contributed by atoms with Crippen LogP contribution in [0.25, 0.3) is 10.4 Å². The first-order valence-electron chi connectivity index (χ1n) is 5.76. The molecule has 0 saturated heterocycles. The molecular weight excluding hydrogens is 231 g/mol. The summed E-state index contributed by atoms with van der Waals surface area (Å²) >= 11 is 1.41. The maximum absolute atomic E-state index is 9.06. The predicted molar refractivity (Wildman–Crippen MR) is 73.6 cm³/mol. The molecule has 17 heavy (non-hydrogen) atoms. The second kappa shape index (κ2) is 5.49. The van der Waals surface area contributed by atoms with Crippen molar-refractivity contribution in [1.29, 1.82) is 0 Å². The summed E-state index contributed by atoms with van der Waals surface area (Å²) in [7, 11) is -1.37. The van der Waals surface area contributed by atoms with E-state index in [1.165, 1.54) is 16.9 Å². The molecule has 0 aliphatic heterocycles. The average Bonchev–Trinajstić information content (AvgIpc) is 2.80. The maximum Gasteiger partial charge on any atom is 0.499 e. The first kappa shape index (κ1) is 12.4. The van der Waals surface area contributed by atoms with E-state index in [9.17, 15) is 0 Å². The summed E-state index contributed by atoms with van der Waals surface area (Å²) in [5.41, 5.74) is 2.47. The fraction of sp³-hybridized carbons (Fsp3) is 0.231. The van der Waals surface area contributed by atoms with Gasteiger partial charge >= 0.3 is 7.12 Å². The third-order valence-corrected chi connectivity index (χ3v) is 3.83. The SMILES string of the molecule is CCCc1ccc(-c2ccc(B(O)O)s2)cc1. The minimum atomic E-state index is -1.37. The van der Waals surface area contributed by atoms with E-state index in [1.807, 2.05) is 6.07 Å². The maximum atomic E-state index is 9.06. The Bertz CT molecular complexity index is 476. The highest BCUT2D eigenvalue weighted by atomic mass is 32.1. The van der Waals surface area contributed by atoms with Crippen molar-refractivity contribution in [3.8, 4) is 10.4 Å². The quantitative estimate of drug-likeness (QED) is 0.810. The van der Waals surface area contributed by atoms with Crippen LogP contribution >= 0.6 is 11.3 Å². The molecule has 0 radical (unpaired) electrons. The van der Waals surface area contributed by atoms with Gasteiger partial charge in [-0.3, -0.25) is 0 Å². The molecule has 4 heteroatoms. The molecule has 0 aliphatic carbocycles. The molecule has 0 fully saturated rings. The summed E-state index contributed by atoms with van der Waals surface area (Å²) in [6.45, 7) is 2.17. The molecular formula is C13H15BO2S. The summed E-state index contributed by atoms with van der Waals surface area (Å²) in [4.78, 5) is 1.07. The van der Waals surface area contributed by atoms with Gasteiger partial charge in [0.1, 0.15) is 0 Å². The molecule has 0 atom stereocenters. The molecule has 1 aromatic heterocycles. The van der Waals surface area contributed by atoms with E-state index in [2.05, 4.69) is 31.2 Å². The zero-order valence-corrected chi connectivity index (χ0v) is 10.6.